The molecule has 1 aromatic carbocycles. The number of nitrogen functional groups attached to an aromatic ring is 1. The van der Waals surface area contributed by atoms with Gasteiger partial charge in [0.15, 0.2) is 5.82 Å². The first-order chi connectivity index (χ1) is 18.2. The largest absolute Gasteiger partial charge is 0.383 e. The Morgan fingerprint density at radius 2 is 2.03 bits per heavy atom. The molecule has 4 aromatic rings. The number of methoxy groups -OCH3 is 1. The van der Waals surface area contributed by atoms with Gasteiger partial charge in [-0.05, 0) is 23.6 Å². The second-order valence-electron chi connectivity index (χ2n) is 8.90. The Morgan fingerprint density at radius 1 is 1.24 bits per heavy atom. The number of aromatic nitrogens is 6. The number of hydrogen-bond acceptors (Lipinski definition) is 9. The molecular formula is C24H24F3N9O2. The van der Waals surface area contributed by atoms with Crippen molar-refractivity contribution in [2.24, 2.45) is 0 Å². The molecule has 14 heteroatoms. The number of alkyl halides is 2. The molecule has 0 bridgehead atoms. The maximum absolute atomic E-state index is 14.6. The summed E-state index contributed by atoms with van der Waals surface area (Å²) >= 11 is 0. The number of ether oxygens (including phenoxy) is 1. The van der Waals surface area contributed by atoms with Crippen molar-refractivity contribution in [2.45, 2.75) is 32.0 Å². The highest BCUT2D eigenvalue weighted by atomic mass is 19.3. The average Bonchev–Trinajstić information content (AvgIpc) is 3.46. The van der Waals surface area contributed by atoms with E-state index in [1.54, 1.807) is 12.1 Å². The molecule has 0 atom stereocenters. The van der Waals surface area contributed by atoms with Gasteiger partial charge in [0.1, 0.15) is 18.2 Å². The number of rotatable bonds is 8. The van der Waals surface area contributed by atoms with Gasteiger partial charge in [-0.2, -0.15) is 0 Å². The second-order valence-corrected chi connectivity index (χ2v) is 8.90. The van der Waals surface area contributed by atoms with Crippen LogP contribution in [0.4, 0.5) is 24.9 Å². The van der Waals surface area contributed by atoms with Crippen molar-refractivity contribution in [3.05, 3.63) is 65.4 Å². The molecule has 3 aromatic heterocycles. The molecule has 0 unspecified atom stereocenters. The summed E-state index contributed by atoms with van der Waals surface area (Å²) in [7, 11) is 1.48. The Morgan fingerprint density at radius 3 is 2.74 bits per heavy atom. The number of carbonyl (C=O) groups is 1. The molecule has 1 fully saturated rings. The first kappa shape index (κ1) is 25.3. The van der Waals surface area contributed by atoms with Gasteiger partial charge in [0, 0.05) is 61.7 Å². The van der Waals surface area contributed by atoms with Crippen LogP contribution >= 0.6 is 0 Å². The average molecular weight is 528 g/mol. The SMILES string of the molecule is COCc1nc(C(=O)NCc2cc3ccnc(N)c3cc2F)nn1Cc1cnc(N2CCC(F)(F)C2)nc1. The summed E-state index contributed by atoms with van der Waals surface area (Å²) in [5, 5.41) is 8.08. The molecule has 0 aliphatic carbocycles. The standard InChI is InChI=1S/C24H24F3N9O2/c1-38-12-19-33-21(22(37)30-10-16-6-15-2-4-29-20(28)17(15)7-18(16)25)34-36(19)11-14-8-31-23(32-9-14)35-5-3-24(26,27)13-35/h2,4,6-9H,3,5,10-13H2,1H3,(H2,28,29)(H,30,37). The van der Waals surface area contributed by atoms with Crippen molar-refractivity contribution < 1.29 is 22.7 Å². The Balaban J connectivity index is 1.28. The van der Waals surface area contributed by atoms with E-state index in [-0.39, 0.29) is 55.8 Å². The van der Waals surface area contributed by atoms with Crippen LogP contribution in [0.15, 0.2) is 36.8 Å². The van der Waals surface area contributed by atoms with Crippen LogP contribution < -0.4 is 16.0 Å². The number of nitrogens with zero attached hydrogens (tertiary/aromatic N) is 7. The highest BCUT2D eigenvalue weighted by molar-refractivity contribution is 5.92. The number of hydrogen-bond donors (Lipinski definition) is 2. The van der Waals surface area contributed by atoms with Crippen LogP contribution in [0.2, 0.25) is 0 Å². The molecule has 198 valence electrons. The van der Waals surface area contributed by atoms with Crippen molar-refractivity contribution in [3.8, 4) is 0 Å². The van der Waals surface area contributed by atoms with E-state index in [1.165, 1.54) is 41.3 Å². The predicted octanol–water partition coefficient (Wildman–Crippen LogP) is 2.31. The number of benzene rings is 1. The lowest BCUT2D eigenvalue weighted by molar-refractivity contribution is 0.0256. The van der Waals surface area contributed by atoms with Crippen LogP contribution in [0.1, 0.15) is 34.0 Å². The minimum atomic E-state index is -2.75. The van der Waals surface area contributed by atoms with Crippen molar-refractivity contribution in [1.29, 1.82) is 0 Å². The summed E-state index contributed by atoms with van der Waals surface area (Å²) in [5.74, 6) is -3.19. The van der Waals surface area contributed by atoms with Gasteiger partial charge in [0.2, 0.25) is 11.8 Å². The highest BCUT2D eigenvalue weighted by Gasteiger charge is 2.39. The minimum Gasteiger partial charge on any atom is -0.383 e. The van der Waals surface area contributed by atoms with Crippen LogP contribution in [0.5, 0.6) is 0 Å². The molecule has 0 saturated carbocycles. The Kier molecular flexibility index (Phi) is 6.80. The van der Waals surface area contributed by atoms with E-state index in [0.717, 1.165) is 0 Å². The molecule has 1 aliphatic heterocycles. The fourth-order valence-corrected chi connectivity index (χ4v) is 4.16. The van der Waals surface area contributed by atoms with Gasteiger partial charge in [0.25, 0.3) is 11.8 Å². The monoisotopic (exact) mass is 527 g/mol. The predicted molar refractivity (Wildman–Crippen MR) is 131 cm³/mol. The van der Waals surface area contributed by atoms with Gasteiger partial charge in [-0.15, -0.1) is 5.10 Å². The third-order valence-corrected chi connectivity index (χ3v) is 6.10. The number of carbonyl (C=O) groups excluding carboxylic acids is 1. The van der Waals surface area contributed by atoms with E-state index < -0.39 is 24.2 Å². The third-order valence-electron chi connectivity index (χ3n) is 6.10. The van der Waals surface area contributed by atoms with Gasteiger partial charge in [-0.1, -0.05) is 0 Å². The summed E-state index contributed by atoms with van der Waals surface area (Å²) < 4.78 is 48.2. The van der Waals surface area contributed by atoms with E-state index in [0.29, 0.717) is 22.2 Å². The zero-order valence-corrected chi connectivity index (χ0v) is 20.4. The summed E-state index contributed by atoms with van der Waals surface area (Å²) in [6, 6.07) is 4.58. The lowest BCUT2D eigenvalue weighted by Crippen LogP contribution is -2.26. The number of halogens is 3. The first-order valence-electron chi connectivity index (χ1n) is 11.7. The van der Waals surface area contributed by atoms with Crippen molar-refractivity contribution in [1.82, 2.24) is 35.0 Å². The summed E-state index contributed by atoms with van der Waals surface area (Å²) in [5.41, 5.74) is 6.69. The number of nitrogens with one attached hydrogen (secondary N) is 1. The molecule has 5 rings (SSSR count). The van der Waals surface area contributed by atoms with E-state index in [4.69, 9.17) is 10.5 Å². The molecule has 3 N–H and O–H groups in total. The molecule has 1 amide bonds. The maximum atomic E-state index is 14.6. The molecule has 4 heterocycles. The molecule has 38 heavy (non-hydrogen) atoms. The second kappa shape index (κ2) is 10.2. The van der Waals surface area contributed by atoms with Gasteiger partial charge in [-0.25, -0.2) is 37.8 Å². The lowest BCUT2D eigenvalue weighted by atomic mass is 10.1. The Hall–Kier alpha value is -4.33. The molecule has 1 aliphatic rings. The number of anilines is 2. The highest BCUT2D eigenvalue weighted by Crippen LogP contribution is 2.29. The van der Waals surface area contributed by atoms with E-state index in [2.05, 4.69) is 30.4 Å². The van der Waals surface area contributed by atoms with E-state index in [1.807, 2.05) is 0 Å². The van der Waals surface area contributed by atoms with Gasteiger partial charge in [0.05, 0.1) is 13.1 Å². The minimum absolute atomic E-state index is 0.0802. The van der Waals surface area contributed by atoms with E-state index in [9.17, 15) is 18.0 Å². The Bertz CT molecular complexity index is 1480. The number of nitrogens with two attached hydrogens (primary N) is 1. The quantitative estimate of drug-likeness (QED) is 0.354. The summed E-state index contributed by atoms with van der Waals surface area (Å²) in [4.78, 5) is 30.8. The normalized spacial score (nSPS) is 14.8. The van der Waals surface area contributed by atoms with Crippen LogP contribution in [0, 0.1) is 5.82 Å². The number of pyridine rings is 1. The van der Waals surface area contributed by atoms with Crippen LogP contribution in [0.3, 0.4) is 0 Å². The Labute approximate surface area is 214 Å². The molecule has 0 radical (unpaired) electrons. The number of fused-ring (bicyclic) bond motifs is 1. The van der Waals surface area contributed by atoms with E-state index >= 15 is 0 Å². The van der Waals surface area contributed by atoms with Gasteiger partial charge >= 0.3 is 0 Å². The van der Waals surface area contributed by atoms with Gasteiger partial charge < -0.3 is 20.7 Å². The van der Waals surface area contributed by atoms with Crippen molar-refractivity contribution in [3.63, 3.8) is 0 Å². The molecule has 1 saturated heterocycles. The maximum Gasteiger partial charge on any atom is 0.291 e. The molecule has 0 spiro atoms. The van der Waals surface area contributed by atoms with Gasteiger partial charge in [-0.3, -0.25) is 4.79 Å². The van der Waals surface area contributed by atoms with Crippen LogP contribution in [0.25, 0.3) is 10.8 Å². The zero-order chi connectivity index (χ0) is 26.9. The third kappa shape index (κ3) is 5.34. The van der Waals surface area contributed by atoms with Crippen molar-refractivity contribution in [2.75, 3.05) is 30.8 Å². The van der Waals surface area contributed by atoms with Crippen LogP contribution in [-0.2, 0) is 24.4 Å². The molecule has 11 nitrogen and oxygen atoms in total. The number of amides is 1. The lowest BCUT2D eigenvalue weighted by Gasteiger charge is -2.15. The fourth-order valence-electron chi connectivity index (χ4n) is 4.16. The topological polar surface area (TPSA) is 137 Å². The summed E-state index contributed by atoms with van der Waals surface area (Å²) in [6.45, 7) is -0.0800. The fraction of sp³-hybridized carbons (Fsp3) is 0.333. The van der Waals surface area contributed by atoms with Crippen molar-refractivity contribution >= 4 is 28.4 Å². The zero-order valence-electron chi connectivity index (χ0n) is 20.4. The summed E-state index contributed by atoms with van der Waals surface area (Å²) in [6.07, 6.45) is 4.32. The smallest absolute Gasteiger partial charge is 0.291 e. The first-order valence-corrected chi connectivity index (χ1v) is 11.7. The van der Waals surface area contributed by atoms with Crippen LogP contribution in [-0.4, -0.2) is 61.7 Å². The molecular weight excluding hydrogens is 503 g/mol.